The van der Waals surface area contributed by atoms with Gasteiger partial charge in [-0.15, -0.1) is 11.3 Å². The Hall–Kier alpha value is 0.01000. The normalized spacial score (nSPS) is 22.9. The molecule has 2 aliphatic rings. The molecule has 2 saturated heterocycles. The molecule has 0 aromatic carbocycles. The average molecular weight is 380 g/mol. The fourth-order valence-electron chi connectivity index (χ4n) is 2.58. The highest BCUT2D eigenvalue weighted by atomic mass is 79.9. The zero-order valence-electron chi connectivity index (χ0n) is 11.3. The van der Waals surface area contributed by atoms with E-state index in [1.165, 1.54) is 11.3 Å². The van der Waals surface area contributed by atoms with E-state index in [2.05, 4.69) is 26.1 Å². The van der Waals surface area contributed by atoms with Gasteiger partial charge in [0, 0.05) is 45.3 Å². The summed E-state index contributed by atoms with van der Waals surface area (Å²) in [6.45, 7) is 7.19. The van der Waals surface area contributed by atoms with Crippen LogP contribution < -0.4 is 5.32 Å². The Morgan fingerprint density at radius 2 is 2.00 bits per heavy atom. The van der Waals surface area contributed by atoms with Crippen molar-refractivity contribution in [3.63, 3.8) is 0 Å². The van der Waals surface area contributed by atoms with Crippen molar-refractivity contribution in [2.24, 2.45) is 0 Å². The molecule has 3 rings (SSSR count). The van der Waals surface area contributed by atoms with Crippen molar-refractivity contribution < 1.29 is 8.42 Å². The SMILES string of the molecule is Cc1cc(S(=O)(=O)N2CC(N3CCNCC3)C2)sc1Br. The number of hydrogen-bond acceptors (Lipinski definition) is 5. The smallest absolute Gasteiger partial charge is 0.252 e. The number of nitrogens with zero attached hydrogens (tertiary/aromatic N) is 2. The van der Waals surface area contributed by atoms with Gasteiger partial charge in [0.15, 0.2) is 0 Å². The standard InChI is InChI=1S/C12H18BrN3O2S2/c1-9-6-11(19-12(9)13)20(17,18)16-7-10(8-16)15-4-2-14-3-5-15/h6,10,14H,2-5,7-8H2,1H3. The van der Waals surface area contributed by atoms with E-state index in [1.807, 2.05) is 6.92 Å². The Morgan fingerprint density at radius 3 is 2.55 bits per heavy atom. The molecule has 20 heavy (non-hydrogen) atoms. The van der Waals surface area contributed by atoms with E-state index in [4.69, 9.17) is 0 Å². The van der Waals surface area contributed by atoms with Crippen LogP contribution in [0.3, 0.4) is 0 Å². The molecule has 1 N–H and O–H groups in total. The number of sulfonamides is 1. The highest BCUT2D eigenvalue weighted by Crippen LogP contribution is 2.34. The summed E-state index contributed by atoms with van der Waals surface area (Å²) in [7, 11) is -3.30. The molecule has 3 heterocycles. The molecule has 1 aromatic heterocycles. The molecular weight excluding hydrogens is 362 g/mol. The molecule has 0 bridgehead atoms. The van der Waals surface area contributed by atoms with Gasteiger partial charge in [0.1, 0.15) is 4.21 Å². The van der Waals surface area contributed by atoms with Gasteiger partial charge in [-0.1, -0.05) is 0 Å². The number of piperazine rings is 1. The van der Waals surface area contributed by atoms with Crippen LogP contribution in [0, 0.1) is 6.92 Å². The second-order valence-electron chi connectivity index (χ2n) is 5.28. The quantitative estimate of drug-likeness (QED) is 0.853. The summed E-state index contributed by atoms with van der Waals surface area (Å²) in [6, 6.07) is 2.14. The molecule has 0 spiro atoms. The van der Waals surface area contributed by atoms with Gasteiger partial charge in [-0.2, -0.15) is 4.31 Å². The number of aryl methyl sites for hydroxylation is 1. The average Bonchev–Trinajstić information content (AvgIpc) is 2.70. The zero-order valence-corrected chi connectivity index (χ0v) is 14.5. The van der Waals surface area contributed by atoms with Crippen LogP contribution in [0.1, 0.15) is 5.56 Å². The van der Waals surface area contributed by atoms with Crippen LogP contribution in [0.15, 0.2) is 14.1 Å². The lowest BCUT2D eigenvalue weighted by Crippen LogP contribution is -2.63. The molecule has 2 aliphatic heterocycles. The molecule has 0 aliphatic carbocycles. The first-order valence-electron chi connectivity index (χ1n) is 6.69. The molecule has 0 radical (unpaired) electrons. The second-order valence-corrected chi connectivity index (χ2v) is 9.82. The summed E-state index contributed by atoms with van der Waals surface area (Å²) in [5, 5.41) is 3.32. The van der Waals surface area contributed by atoms with Crippen molar-refractivity contribution in [2.75, 3.05) is 39.3 Å². The van der Waals surface area contributed by atoms with Crippen molar-refractivity contribution >= 4 is 37.3 Å². The van der Waals surface area contributed by atoms with Crippen LogP contribution in [-0.4, -0.2) is 62.9 Å². The number of thiophene rings is 1. The van der Waals surface area contributed by atoms with Crippen molar-refractivity contribution in [2.45, 2.75) is 17.2 Å². The second kappa shape index (κ2) is 5.66. The van der Waals surface area contributed by atoms with Crippen LogP contribution >= 0.6 is 27.3 Å². The molecule has 2 fully saturated rings. The van der Waals surface area contributed by atoms with Gasteiger partial charge in [-0.25, -0.2) is 8.42 Å². The van der Waals surface area contributed by atoms with Gasteiger partial charge in [0.25, 0.3) is 10.0 Å². The number of halogens is 1. The molecule has 1 aromatic rings. The van der Waals surface area contributed by atoms with Crippen LogP contribution in [0.2, 0.25) is 0 Å². The van der Waals surface area contributed by atoms with Crippen molar-refractivity contribution in [3.8, 4) is 0 Å². The van der Waals surface area contributed by atoms with E-state index < -0.39 is 10.0 Å². The predicted molar refractivity (Wildman–Crippen MR) is 83.7 cm³/mol. The summed E-state index contributed by atoms with van der Waals surface area (Å²) in [5.41, 5.74) is 0.979. The van der Waals surface area contributed by atoms with Gasteiger partial charge in [-0.05, 0) is 34.5 Å². The molecule has 0 unspecified atom stereocenters. The molecule has 8 heteroatoms. The molecule has 0 saturated carbocycles. The maximum absolute atomic E-state index is 12.5. The number of hydrogen-bond donors (Lipinski definition) is 1. The monoisotopic (exact) mass is 379 g/mol. The van der Waals surface area contributed by atoms with Gasteiger partial charge < -0.3 is 5.32 Å². The summed E-state index contributed by atoms with van der Waals surface area (Å²) >= 11 is 4.69. The lowest BCUT2D eigenvalue weighted by molar-refractivity contribution is 0.0774. The highest BCUT2D eigenvalue weighted by molar-refractivity contribution is 9.11. The van der Waals surface area contributed by atoms with Crippen molar-refractivity contribution in [3.05, 3.63) is 15.4 Å². The minimum absolute atomic E-state index is 0.386. The fourth-order valence-corrected chi connectivity index (χ4v) is 6.47. The number of rotatable bonds is 3. The van der Waals surface area contributed by atoms with Gasteiger partial charge in [0.05, 0.1) is 3.79 Å². The predicted octanol–water partition coefficient (Wildman–Crippen LogP) is 1.10. The molecule has 0 atom stereocenters. The highest BCUT2D eigenvalue weighted by Gasteiger charge is 2.40. The van der Waals surface area contributed by atoms with E-state index in [1.54, 1.807) is 10.4 Å². The third-order valence-electron chi connectivity index (χ3n) is 3.93. The summed E-state index contributed by atoms with van der Waals surface area (Å²) < 4.78 is 27.9. The van der Waals surface area contributed by atoms with Crippen molar-refractivity contribution in [1.29, 1.82) is 0 Å². The minimum Gasteiger partial charge on any atom is -0.314 e. The molecule has 0 amide bonds. The Bertz CT molecular complexity index is 570. The van der Waals surface area contributed by atoms with Crippen molar-refractivity contribution in [1.82, 2.24) is 14.5 Å². The van der Waals surface area contributed by atoms with Crippen LogP contribution in [0.25, 0.3) is 0 Å². The first-order chi connectivity index (χ1) is 9.48. The molecule has 5 nitrogen and oxygen atoms in total. The van der Waals surface area contributed by atoms with Gasteiger partial charge in [0.2, 0.25) is 0 Å². The van der Waals surface area contributed by atoms with Crippen LogP contribution in [-0.2, 0) is 10.0 Å². The van der Waals surface area contributed by atoms with E-state index in [0.717, 1.165) is 35.5 Å². The van der Waals surface area contributed by atoms with E-state index in [0.29, 0.717) is 23.3 Å². The number of nitrogens with one attached hydrogen (secondary N) is 1. The van der Waals surface area contributed by atoms with E-state index in [9.17, 15) is 8.42 Å². The first kappa shape index (κ1) is 14.9. The molecule has 112 valence electrons. The Kier molecular flexibility index (Phi) is 4.22. The maximum atomic E-state index is 12.5. The minimum atomic E-state index is -3.30. The van der Waals surface area contributed by atoms with Crippen LogP contribution in [0.4, 0.5) is 0 Å². The Labute approximate surface area is 132 Å². The summed E-state index contributed by atoms with van der Waals surface area (Å²) in [4.78, 5) is 2.39. The largest absolute Gasteiger partial charge is 0.314 e. The summed E-state index contributed by atoms with van der Waals surface area (Å²) in [5.74, 6) is 0. The van der Waals surface area contributed by atoms with E-state index >= 15 is 0 Å². The van der Waals surface area contributed by atoms with E-state index in [-0.39, 0.29) is 0 Å². The van der Waals surface area contributed by atoms with Gasteiger partial charge >= 0.3 is 0 Å². The Balaban J connectivity index is 1.66. The molecular formula is C12H18BrN3O2S2. The zero-order chi connectivity index (χ0) is 14.3. The fraction of sp³-hybridized carbons (Fsp3) is 0.667. The topological polar surface area (TPSA) is 52.7 Å². The maximum Gasteiger partial charge on any atom is 0.252 e. The van der Waals surface area contributed by atoms with Gasteiger partial charge in [-0.3, -0.25) is 4.90 Å². The summed E-state index contributed by atoms with van der Waals surface area (Å²) in [6.07, 6.45) is 0. The lowest BCUT2D eigenvalue weighted by atomic mass is 10.1. The third kappa shape index (κ3) is 2.69. The Morgan fingerprint density at radius 1 is 1.35 bits per heavy atom. The third-order valence-corrected chi connectivity index (χ3v) is 8.34. The first-order valence-corrected chi connectivity index (χ1v) is 9.74. The van der Waals surface area contributed by atoms with Crippen LogP contribution in [0.5, 0.6) is 0 Å². The lowest BCUT2D eigenvalue weighted by Gasteiger charge is -2.45.